The van der Waals surface area contributed by atoms with Gasteiger partial charge in [-0.3, -0.25) is 9.89 Å². The number of rotatable bonds is 7. The van der Waals surface area contributed by atoms with E-state index in [0.29, 0.717) is 33.3 Å². The second-order valence-corrected chi connectivity index (χ2v) is 7.75. The molecule has 0 unspecified atom stereocenters. The summed E-state index contributed by atoms with van der Waals surface area (Å²) in [6, 6.07) is 5.42. The number of halogens is 3. The molecule has 0 saturated carbocycles. The lowest BCUT2D eigenvalue weighted by Gasteiger charge is -2.23. The number of carbonyl (C=O) groups is 1. The SMILES string of the molecule is Cc1[nH]nc(C(=O)N(CCCN(C)C)Cc2ccc(Cl)c(Cl)c2)c1Br. The highest BCUT2D eigenvalue weighted by molar-refractivity contribution is 9.10. The zero-order valence-corrected chi connectivity index (χ0v) is 17.5. The lowest BCUT2D eigenvalue weighted by molar-refractivity contribution is 0.0730. The van der Waals surface area contributed by atoms with Gasteiger partial charge in [0.25, 0.3) is 5.91 Å². The minimum absolute atomic E-state index is 0.124. The van der Waals surface area contributed by atoms with E-state index < -0.39 is 0 Å². The maximum absolute atomic E-state index is 13.0. The molecule has 5 nitrogen and oxygen atoms in total. The Morgan fingerprint density at radius 1 is 1.24 bits per heavy atom. The molecule has 0 spiro atoms. The maximum Gasteiger partial charge on any atom is 0.275 e. The first-order chi connectivity index (χ1) is 11.8. The van der Waals surface area contributed by atoms with Crippen molar-refractivity contribution in [1.29, 1.82) is 0 Å². The summed E-state index contributed by atoms with van der Waals surface area (Å²) < 4.78 is 0.698. The fourth-order valence-electron chi connectivity index (χ4n) is 2.40. The average Bonchev–Trinajstić information content (AvgIpc) is 2.88. The van der Waals surface area contributed by atoms with E-state index in [9.17, 15) is 4.79 Å². The number of hydrogen-bond donors (Lipinski definition) is 1. The Kier molecular flexibility index (Phi) is 7.31. The highest BCUT2D eigenvalue weighted by Gasteiger charge is 2.22. The molecule has 1 N–H and O–H groups in total. The molecule has 2 aromatic rings. The van der Waals surface area contributed by atoms with E-state index in [1.54, 1.807) is 17.0 Å². The van der Waals surface area contributed by atoms with Gasteiger partial charge in [0.1, 0.15) is 0 Å². The summed E-state index contributed by atoms with van der Waals surface area (Å²) in [5.41, 5.74) is 2.14. The molecule has 1 aromatic heterocycles. The molecule has 1 heterocycles. The van der Waals surface area contributed by atoms with Crippen molar-refractivity contribution < 1.29 is 4.79 Å². The van der Waals surface area contributed by atoms with Gasteiger partial charge in [-0.2, -0.15) is 5.10 Å². The van der Waals surface area contributed by atoms with Crippen LogP contribution in [0.3, 0.4) is 0 Å². The standard InChI is InChI=1S/C17H21BrCl2N4O/c1-11-15(18)16(22-21-11)17(25)24(8-4-7-23(2)3)10-12-5-6-13(19)14(20)9-12/h5-6,9H,4,7-8,10H2,1-3H3,(H,21,22). The molecule has 0 fully saturated rings. The summed E-state index contributed by atoms with van der Waals surface area (Å²) in [6.07, 6.45) is 0.862. The predicted molar refractivity (Wildman–Crippen MR) is 105 cm³/mol. The Bertz CT molecular complexity index is 748. The molecular formula is C17H21BrCl2N4O. The molecule has 0 radical (unpaired) electrons. The summed E-state index contributed by atoms with van der Waals surface area (Å²) >= 11 is 15.5. The third-order valence-corrected chi connectivity index (χ3v) is 5.46. The van der Waals surface area contributed by atoms with Crippen LogP contribution in [0.2, 0.25) is 10.0 Å². The van der Waals surface area contributed by atoms with Crippen LogP contribution in [-0.2, 0) is 6.54 Å². The summed E-state index contributed by atoms with van der Waals surface area (Å²) in [5, 5.41) is 7.95. The number of aryl methyl sites for hydroxylation is 1. The fraction of sp³-hybridized carbons (Fsp3) is 0.412. The summed E-state index contributed by atoms with van der Waals surface area (Å²) in [5.74, 6) is -0.124. The van der Waals surface area contributed by atoms with Crippen LogP contribution in [0, 0.1) is 6.92 Å². The van der Waals surface area contributed by atoms with Crippen molar-refractivity contribution in [1.82, 2.24) is 20.0 Å². The molecule has 0 aliphatic carbocycles. The van der Waals surface area contributed by atoms with Crippen LogP contribution in [-0.4, -0.2) is 53.1 Å². The van der Waals surface area contributed by atoms with Crippen LogP contribution in [0.15, 0.2) is 22.7 Å². The molecule has 136 valence electrons. The van der Waals surface area contributed by atoms with Crippen molar-refractivity contribution >= 4 is 45.0 Å². The van der Waals surface area contributed by atoms with Gasteiger partial charge in [-0.25, -0.2) is 0 Å². The van der Waals surface area contributed by atoms with Gasteiger partial charge in [-0.05, 0) is 67.6 Å². The Balaban J connectivity index is 2.20. The summed E-state index contributed by atoms with van der Waals surface area (Å²) in [4.78, 5) is 16.8. The van der Waals surface area contributed by atoms with E-state index in [2.05, 4.69) is 31.0 Å². The normalized spacial score (nSPS) is 11.2. The van der Waals surface area contributed by atoms with Gasteiger partial charge in [0.15, 0.2) is 5.69 Å². The predicted octanol–water partition coefficient (Wildman–Crippen LogP) is 4.38. The largest absolute Gasteiger partial charge is 0.333 e. The van der Waals surface area contributed by atoms with E-state index in [1.807, 2.05) is 27.1 Å². The quantitative estimate of drug-likeness (QED) is 0.684. The first kappa shape index (κ1) is 20.2. The minimum Gasteiger partial charge on any atom is -0.333 e. The Hall–Kier alpha value is -1.08. The molecule has 1 amide bonds. The summed E-state index contributed by atoms with van der Waals surface area (Å²) in [7, 11) is 4.03. The summed E-state index contributed by atoms with van der Waals surface area (Å²) in [6.45, 7) is 3.83. The number of carbonyl (C=O) groups excluding carboxylic acids is 1. The number of aromatic nitrogens is 2. The van der Waals surface area contributed by atoms with Gasteiger partial charge >= 0.3 is 0 Å². The van der Waals surface area contributed by atoms with Gasteiger partial charge in [-0.15, -0.1) is 0 Å². The van der Waals surface area contributed by atoms with Crippen molar-refractivity contribution in [2.24, 2.45) is 0 Å². The van der Waals surface area contributed by atoms with Gasteiger partial charge in [0, 0.05) is 18.8 Å². The topological polar surface area (TPSA) is 52.2 Å². The highest BCUT2D eigenvalue weighted by Crippen LogP contribution is 2.25. The molecule has 0 bridgehead atoms. The lowest BCUT2D eigenvalue weighted by atomic mass is 10.2. The van der Waals surface area contributed by atoms with Crippen LogP contribution in [0.25, 0.3) is 0 Å². The average molecular weight is 448 g/mol. The molecular weight excluding hydrogens is 427 g/mol. The van der Waals surface area contributed by atoms with Crippen LogP contribution in [0.5, 0.6) is 0 Å². The smallest absolute Gasteiger partial charge is 0.275 e. The Morgan fingerprint density at radius 2 is 1.96 bits per heavy atom. The van der Waals surface area contributed by atoms with E-state index in [-0.39, 0.29) is 5.91 Å². The highest BCUT2D eigenvalue weighted by atomic mass is 79.9. The fourth-order valence-corrected chi connectivity index (χ4v) is 3.06. The molecule has 0 saturated heterocycles. The molecule has 0 atom stereocenters. The first-order valence-electron chi connectivity index (χ1n) is 7.88. The second-order valence-electron chi connectivity index (χ2n) is 6.14. The number of benzene rings is 1. The maximum atomic E-state index is 13.0. The van der Waals surface area contributed by atoms with Crippen molar-refractivity contribution in [3.63, 3.8) is 0 Å². The zero-order valence-electron chi connectivity index (χ0n) is 14.4. The van der Waals surface area contributed by atoms with E-state index in [1.165, 1.54) is 0 Å². The van der Waals surface area contributed by atoms with Gasteiger partial charge < -0.3 is 9.80 Å². The molecule has 2 rings (SSSR count). The Morgan fingerprint density at radius 3 is 2.52 bits per heavy atom. The van der Waals surface area contributed by atoms with Crippen molar-refractivity contribution in [2.45, 2.75) is 19.9 Å². The van der Waals surface area contributed by atoms with Crippen molar-refractivity contribution in [3.8, 4) is 0 Å². The number of nitrogens with zero attached hydrogens (tertiary/aromatic N) is 3. The first-order valence-corrected chi connectivity index (χ1v) is 9.43. The van der Waals surface area contributed by atoms with Crippen molar-refractivity contribution in [2.75, 3.05) is 27.2 Å². The van der Waals surface area contributed by atoms with Crippen LogP contribution in [0.1, 0.15) is 28.2 Å². The number of nitrogens with one attached hydrogen (secondary N) is 1. The van der Waals surface area contributed by atoms with E-state index in [0.717, 1.165) is 24.2 Å². The monoisotopic (exact) mass is 446 g/mol. The van der Waals surface area contributed by atoms with Gasteiger partial charge in [0.05, 0.1) is 14.5 Å². The van der Waals surface area contributed by atoms with Crippen LogP contribution >= 0.6 is 39.1 Å². The Labute approximate surface area is 166 Å². The van der Waals surface area contributed by atoms with Gasteiger partial charge in [-0.1, -0.05) is 29.3 Å². The third kappa shape index (κ3) is 5.45. The number of amides is 1. The van der Waals surface area contributed by atoms with Crippen LogP contribution < -0.4 is 0 Å². The number of H-pyrrole nitrogens is 1. The lowest BCUT2D eigenvalue weighted by Crippen LogP contribution is -2.33. The number of hydrogen-bond acceptors (Lipinski definition) is 3. The number of aromatic amines is 1. The molecule has 8 heteroatoms. The zero-order chi connectivity index (χ0) is 18.6. The van der Waals surface area contributed by atoms with E-state index >= 15 is 0 Å². The molecule has 25 heavy (non-hydrogen) atoms. The van der Waals surface area contributed by atoms with Crippen LogP contribution in [0.4, 0.5) is 0 Å². The van der Waals surface area contributed by atoms with Crippen molar-refractivity contribution in [3.05, 3.63) is 49.7 Å². The molecule has 0 aliphatic rings. The van der Waals surface area contributed by atoms with Gasteiger partial charge in [0.2, 0.25) is 0 Å². The van der Waals surface area contributed by atoms with E-state index in [4.69, 9.17) is 23.2 Å². The minimum atomic E-state index is -0.124. The molecule has 1 aromatic carbocycles. The second kappa shape index (κ2) is 9.03. The molecule has 0 aliphatic heterocycles. The third-order valence-electron chi connectivity index (χ3n) is 3.75.